The second kappa shape index (κ2) is 4.92. The first-order chi connectivity index (χ1) is 8.32. The van der Waals surface area contributed by atoms with Gasteiger partial charge in [-0.1, -0.05) is 15.9 Å². The lowest BCUT2D eigenvalue weighted by atomic mass is 10.0. The Kier molecular flexibility index (Phi) is 3.82. The van der Waals surface area contributed by atoms with Gasteiger partial charge in [-0.25, -0.2) is 13.1 Å². The standard InChI is InChI=1S/C12H17BrN2O2S/c1-9-7-10(3-4-11(9)13)18(16,17)15-12(2)5-6-14-8-12/h3-4,7,14-15H,5-6,8H2,1-2H3. The molecule has 1 aliphatic heterocycles. The normalized spacial score (nSPS) is 24.4. The second-order valence-corrected chi connectivity index (χ2v) is 7.54. The molecular weight excluding hydrogens is 316 g/mol. The third-order valence-electron chi connectivity index (χ3n) is 3.19. The van der Waals surface area contributed by atoms with Crippen LogP contribution < -0.4 is 10.0 Å². The van der Waals surface area contributed by atoms with Gasteiger partial charge in [0.05, 0.1) is 4.90 Å². The molecule has 0 radical (unpaired) electrons. The molecule has 0 aliphatic carbocycles. The average molecular weight is 333 g/mol. The number of nitrogens with one attached hydrogen (secondary N) is 2. The molecule has 0 aromatic heterocycles. The van der Waals surface area contributed by atoms with Crippen LogP contribution in [0, 0.1) is 6.92 Å². The first kappa shape index (κ1) is 14.0. The summed E-state index contributed by atoms with van der Waals surface area (Å²) in [7, 11) is -3.45. The summed E-state index contributed by atoms with van der Waals surface area (Å²) < 4.78 is 28.3. The molecule has 0 spiro atoms. The van der Waals surface area contributed by atoms with E-state index in [9.17, 15) is 8.42 Å². The number of halogens is 1. The summed E-state index contributed by atoms with van der Waals surface area (Å²) in [5.74, 6) is 0. The molecule has 2 N–H and O–H groups in total. The average Bonchev–Trinajstić information content (AvgIpc) is 2.67. The van der Waals surface area contributed by atoms with Gasteiger partial charge in [0.15, 0.2) is 0 Å². The number of hydrogen-bond donors (Lipinski definition) is 2. The van der Waals surface area contributed by atoms with Crippen molar-refractivity contribution in [2.24, 2.45) is 0 Å². The smallest absolute Gasteiger partial charge is 0.241 e. The highest BCUT2D eigenvalue weighted by Gasteiger charge is 2.33. The van der Waals surface area contributed by atoms with Crippen LogP contribution >= 0.6 is 15.9 Å². The van der Waals surface area contributed by atoms with E-state index in [4.69, 9.17) is 0 Å². The first-order valence-electron chi connectivity index (χ1n) is 5.83. The van der Waals surface area contributed by atoms with Crippen molar-refractivity contribution in [2.75, 3.05) is 13.1 Å². The maximum Gasteiger partial charge on any atom is 0.241 e. The van der Waals surface area contributed by atoms with E-state index in [0.29, 0.717) is 11.4 Å². The van der Waals surface area contributed by atoms with Crippen molar-refractivity contribution in [3.63, 3.8) is 0 Å². The van der Waals surface area contributed by atoms with Gasteiger partial charge >= 0.3 is 0 Å². The van der Waals surface area contributed by atoms with Crippen LogP contribution in [0.4, 0.5) is 0 Å². The number of sulfonamides is 1. The lowest BCUT2D eigenvalue weighted by molar-refractivity contribution is 0.452. The minimum absolute atomic E-state index is 0.316. The molecule has 6 heteroatoms. The second-order valence-electron chi connectivity index (χ2n) is 5.00. The molecule has 0 amide bonds. The predicted molar refractivity (Wildman–Crippen MR) is 75.1 cm³/mol. The Morgan fingerprint density at radius 3 is 2.72 bits per heavy atom. The van der Waals surface area contributed by atoms with E-state index in [1.807, 2.05) is 13.8 Å². The fourth-order valence-corrected chi connectivity index (χ4v) is 3.84. The molecule has 1 heterocycles. The van der Waals surface area contributed by atoms with Crippen molar-refractivity contribution >= 4 is 26.0 Å². The molecule has 2 rings (SSSR count). The highest BCUT2D eigenvalue weighted by molar-refractivity contribution is 9.10. The van der Waals surface area contributed by atoms with Crippen LogP contribution in [0.25, 0.3) is 0 Å². The zero-order valence-electron chi connectivity index (χ0n) is 10.5. The maximum atomic E-state index is 12.3. The molecule has 1 unspecified atom stereocenters. The summed E-state index contributed by atoms with van der Waals surface area (Å²) in [5, 5.41) is 3.17. The number of aryl methyl sites for hydroxylation is 1. The van der Waals surface area contributed by atoms with Crippen LogP contribution in [-0.2, 0) is 10.0 Å². The summed E-state index contributed by atoms with van der Waals surface area (Å²) in [5.41, 5.74) is 0.521. The van der Waals surface area contributed by atoms with Crippen LogP contribution in [0.5, 0.6) is 0 Å². The van der Waals surface area contributed by atoms with Gasteiger partial charge in [-0.2, -0.15) is 0 Å². The van der Waals surface area contributed by atoms with E-state index in [1.165, 1.54) is 0 Å². The summed E-state index contributed by atoms with van der Waals surface area (Å²) in [6.07, 6.45) is 0.807. The Balaban J connectivity index is 2.27. The SMILES string of the molecule is Cc1cc(S(=O)(=O)NC2(C)CCNC2)ccc1Br. The highest BCUT2D eigenvalue weighted by Crippen LogP contribution is 2.22. The van der Waals surface area contributed by atoms with Crippen molar-refractivity contribution in [3.05, 3.63) is 28.2 Å². The molecule has 18 heavy (non-hydrogen) atoms. The van der Waals surface area contributed by atoms with Crippen LogP contribution in [0.1, 0.15) is 18.9 Å². The molecule has 1 atom stereocenters. The van der Waals surface area contributed by atoms with Crippen molar-refractivity contribution in [1.29, 1.82) is 0 Å². The summed E-state index contributed by atoms with van der Waals surface area (Å²) in [6, 6.07) is 5.06. The molecule has 1 saturated heterocycles. The van der Waals surface area contributed by atoms with Gasteiger partial charge in [0, 0.05) is 16.6 Å². The van der Waals surface area contributed by atoms with Crippen molar-refractivity contribution in [3.8, 4) is 0 Å². The quantitative estimate of drug-likeness (QED) is 0.887. The number of hydrogen-bond acceptors (Lipinski definition) is 3. The number of benzene rings is 1. The molecule has 0 saturated carbocycles. The molecule has 100 valence electrons. The summed E-state index contributed by atoms with van der Waals surface area (Å²) >= 11 is 3.37. The van der Waals surface area contributed by atoms with E-state index < -0.39 is 10.0 Å². The Morgan fingerprint density at radius 2 is 2.17 bits per heavy atom. The van der Waals surface area contributed by atoms with Gasteiger partial charge < -0.3 is 5.32 Å². The summed E-state index contributed by atoms with van der Waals surface area (Å²) in [6.45, 7) is 5.32. The van der Waals surface area contributed by atoms with E-state index in [0.717, 1.165) is 23.0 Å². The van der Waals surface area contributed by atoms with E-state index in [2.05, 4.69) is 26.0 Å². The zero-order chi connectivity index (χ0) is 13.4. The zero-order valence-corrected chi connectivity index (χ0v) is 12.9. The Hall–Kier alpha value is -0.430. The van der Waals surface area contributed by atoms with Crippen LogP contribution in [-0.4, -0.2) is 27.0 Å². The molecule has 4 nitrogen and oxygen atoms in total. The van der Waals surface area contributed by atoms with Gasteiger partial charge in [-0.15, -0.1) is 0 Å². The fourth-order valence-electron chi connectivity index (χ4n) is 2.07. The van der Waals surface area contributed by atoms with Gasteiger partial charge in [0.2, 0.25) is 10.0 Å². The summed E-state index contributed by atoms with van der Waals surface area (Å²) in [4.78, 5) is 0.316. The molecule has 1 aliphatic rings. The lowest BCUT2D eigenvalue weighted by Crippen LogP contribution is -2.47. The topological polar surface area (TPSA) is 58.2 Å². The van der Waals surface area contributed by atoms with Crippen LogP contribution in [0.3, 0.4) is 0 Å². The number of rotatable bonds is 3. The third-order valence-corrected chi connectivity index (χ3v) is 5.72. The van der Waals surface area contributed by atoms with Gasteiger partial charge in [0.1, 0.15) is 0 Å². The largest absolute Gasteiger partial charge is 0.315 e. The van der Waals surface area contributed by atoms with Gasteiger partial charge in [0.25, 0.3) is 0 Å². The monoisotopic (exact) mass is 332 g/mol. The first-order valence-corrected chi connectivity index (χ1v) is 8.11. The molecular formula is C12H17BrN2O2S. The third kappa shape index (κ3) is 2.93. The van der Waals surface area contributed by atoms with Crippen molar-refractivity contribution < 1.29 is 8.42 Å². The van der Waals surface area contributed by atoms with Crippen LogP contribution in [0.2, 0.25) is 0 Å². The highest BCUT2D eigenvalue weighted by atomic mass is 79.9. The van der Waals surface area contributed by atoms with E-state index in [1.54, 1.807) is 18.2 Å². The fraction of sp³-hybridized carbons (Fsp3) is 0.500. The molecule has 0 bridgehead atoms. The minimum atomic E-state index is -3.45. The van der Waals surface area contributed by atoms with Crippen LogP contribution in [0.15, 0.2) is 27.6 Å². The maximum absolute atomic E-state index is 12.3. The minimum Gasteiger partial charge on any atom is -0.315 e. The Morgan fingerprint density at radius 1 is 1.44 bits per heavy atom. The molecule has 1 fully saturated rings. The van der Waals surface area contributed by atoms with Crippen molar-refractivity contribution in [2.45, 2.75) is 30.7 Å². The Labute approximate surface area is 116 Å². The predicted octanol–water partition coefficient (Wildman–Crippen LogP) is 1.79. The van der Waals surface area contributed by atoms with E-state index >= 15 is 0 Å². The molecule has 1 aromatic rings. The Bertz CT molecular complexity index is 551. The van der Waals surface area contributed by atoms with Crippen molar-refractivity contribution in [1.82, 2.24) is 10.0 Å². The molecule has 1 aromatic carbocycles. The van der Waals surface area contributed by atoms with E-state index in [-0.39, 0.29) is 5.54 Å². The lowest BCUT2D eigenvalue weighted by Gasteiger charge is -2.24. The van der Waals surface area contributed by atoms with Gasteiger partial charge in [-0.3, -0.25) is 0 Å². The van der Waals surface area contributed by atoms with Gasteiger partial charge in [-0.05, 0) is 50.6 Å².